The van der Waals surface area contributed by atoms with Crippen molar-refractivity contribution in [1.29, 1.82) is 0 Å². The summed E-state index contributed by atoms with van der Waals surface area (Å²) in [5, 5.41) is 43.8. The van der Waals surface area contributed by atoms with Crippen molar-refractivity contribution in [2.24, 2.45) is 0 Å². The highest BCUT2D eigenvalue weighted by Gasteiger charge is 2.47. The number of nitrogens with one attached hydrogen (secondary N) is 1. The van der Waals surface area contributed by atoms with Gasteiger partial charge in [-0.1, -0.05) is 0 Å². The van der Waals surface area contributed by atoms with Crippen molar-refractivity contribution in [3.8, 4) is 0 Å². The molecule has 6 heterocycles. The number of nitrogens with zero attached hydrogens (tertiary/aromatic N) is 4. The van der Waals surface area contributed by atoms with Crippen LogP contribution in [0, 0.1) is 0 Å². The van der Waals surface area contributed by atoms with Crippen LogP contribution in [0.3, 0.4) is 0 Å². The second kappa shape index (κ2) is 7.54. The van der Waals surface area contributed by atoms with E-state index in [1.807, 2.05) is 0 Å². The SMILES string of the molecule is CN1C(=O)c2c(c3c4cccnc4n(C4OC(CO)C(O)C(O)C4O)c3c3[nH]c4ncccc4c23)C1=O. The lowest BCUT2D eigenvalue weighted by molar-refractivity contribution is -0.249. The Hall–Kier alpha value is -3.94. The number of pyridine rings is 2. The predicted octanol–water partition coefficient (Wildman–Crippen LogP) is 0.417. The van der Waals surface area contributed by atoms with Crippen molar-refractivity contribution in [1.82, 2.24) is 24.4 Å². The van der Waals surface area contributed by atoms with Gasteiger partial charge in [0.2, 0.25) is 0 Å². The fraction of sp³-hybridized carbons (Fsp3) is 0.280. The van der Waals surface area contributed by atoms with Gasteiger partial charge >= 0.3 is 0 Å². The van der Waals surface area contributed by atoms with E-state index in [9.17, 15) is 30.0 Å². The zero-order valence-electron chi connectivity index (χ0n) is 19.4. The number of rotatable bonds is 2. The predicted molar refractivity (Wildman–Crippen MR) is 130 cm³/mol. The average Bonchev–Trinajstić information content (AvgIpc) is 3.53. The number of aliphatic hydroxyl groups is 4. The van der Waals surface area contributed by atoms with Crippen LogP contribution < -0.4 is 0 Å². The van der Waals surface area contributed by atoms with E-state index in [4.69, 9.17) is 4.74 Å². The summed E-state index contributed by atoms with van der Waals surface area (Å²) in [7, 11) is 1.42. The molecule has 2 aliphatic heterocycles. The molecule has 188 valence electrons. The first kappa shape index (κ1) is 22.3. The van der Waals surface area contributed by atoms with Crippen LogP contribution in [0.2, 0.25) is 0 Å². The zero-order valence-corrected chi connectivity index (χ0v) is 19.4. The van der Waals surface area contributed by atoms with E-state index in [0.717, 1.165) is 4.90 Å². The van der Waals surface area contributed by atoms with Crippen LogP contribution >= 0.6 is 0 Å². The Kier molecular flexibility index (Phi) is 4.54. The van der Waals surface area contributed by atoms with Gasteiger partial charge in [0, 0.05) is 41.0 Å². The maximum absolute atomic E-state index is 13.5. The number of aliphatic hydroxyl groups excluding tert-OH is 4. The van der Waals surface area contributed by atoms with Crippen LogP contribution in [0.1, 0.15) is 26.9 Å². The molecule has 12 nitrogen and oxygen atoms in total. The monoisotopic (exact) mass is 503 g/mol. The Morgan fingerprint density at radius 3 is 2.35 bits per heavy atom. The molecule has 5 N–H and O–H groups in total. The molecule has 0 radical (unpaired) electrons. The molecule has 12 heteroatoms. The number of fused-ring (bicyclic) bond motifs is 10. The molecule has 0 bridgehead atoms. The fourth-order valence-corrected chi connectivity index (χ4v) is 5.74. The maximum atomic E-state index is 13.5. The van der Waals surface area contributed by atoms with E-state index >= 15 is 0 Å². The average molecular weight is 503 g/mol. The third-order valence-electron chi connectivity index (χ3n) is 7.48. The first-order chi connectivity index (χ1) is 17.8. The highest BCUT2D eigenvalue weighted by molar-refractivity contribution is 6.38. The molecular weight excluding hydrogens is 482 g/mol. The molecule has 1 fully saturated rings. The number of imide groups is 1. The molecule has 0 aliphatic carbocycles. The third kappa shape index (κ3) is 2.68. The van der Waals surface area contributed by atoms with E-state index in [0.29, 0.717) is 43.9 Å². The second-order valence-corrected chi connectivity index (χ2v) is 9.38. The van der Waals surface area contributed by atoms with Crippen molar-refractivity contribution in [3.05, 3.63) is 47.8 Å². The summed E-state index contributed by atoms with van der Waals surface area (Å²) >= 11 is 0. The van der Waals surface area contributed by atoms with Gasteiger partial charge in [0.15, 0.2) is 6.23 Å². The number of H-pyrrole nitrogens is 1. The Labute approximate surface area is 207 Å². The topological polar surface area (TPSA) is 174 Å². The van der Waals surface area contributed by atoms with E-state index in [2.05, 4.69) is 15.0 Å². The Bertz CT molecular complexity index is 1790. The van der Waals surface area contributed by atoms with Crippen molar-refractivity contribution in [2.75, 3.05) is 13.7 Å². The molecule has 5 aromatic rings. The number of carbonyl (C=O) groups is 2. The van der Waals surface area contributed by atoms with Crippen LogP contribution in [0.15, 0.2) is 36.7 Å². The summed E-state index contributed by atoms with van der Waals surface area (Å²) < 4.78 is 7.47. The van der Waals surface area contributed by atoms with Gasteiger partial charge in [-0.3, -0.25) is 19.1 Å². The second-order valence-electron chi connectivity index (χ2n) is 9.38. The van der Waals surface area contributed by atoms with E-state index in [1.54, 1.807) is 35.0 Å². The van der Waals surface area contributed by atoms with Crippen molar-refractivity contribution >= 4 is 55.7 Å². The number of carbonyl (C=O) groups excluding carboxylic acids is 2. The van der Waals surface area contributed by atoms with Crippen molar-refractivity contribution in [3.63, 3.8) is 0 Å². The number of ether oxygens (including phenoxy) is 1. The lowest BCUT2D eigenvalue weighted by atomic mass is 9.96. The summed E-state index contributed by atoms with van der Waals surface area (Å²) in [5.74, 6) is -0.934. The highest BCUT2D eigenvalue weighted by Crippen LogP contribution is 2.46. The minimum atomic E-state index is -1.63. The van der Waals surface area contributed by atoms with Crippen LogP contribution in [-0.2, 0) is 4.74 Å². The van der Waals surface area contributed by atoms with Crippen molar-refractivity contribution in [2.45, 2.75) is 30.6 Å². The molecule has 4 aromatic heterocycles. The summed E-state index contributed by atoms with van der Waals surface area (Å²) in [6.45, 7) is -0.606. The molecule has 0 saturated carbocycles. The number of aromatic nitrogens is 4. The van der Waals surface area contributed by atoms with Gasteiger partial charge in [0.1, 0.15) is 35.7 Å². The standard InChI is InChI=1S/C25H21N5O7/c1-29-23(35)14-12-9-4-2-6-26-21(9)28-16(12)17-13(15(14)24(29)36)10-5-3-7-27-22(10)30(17)25-20(34)19(33)18(32)11(8-31)37-25/h2-7,11,18-20,25,31-34H,8H2,1H3,(H,26,28). The minimum absolute atomic E-state index is 0.195. The van der Waals surface area contributed by atoms with Gasteiger partial charge in [-0.15, -0.1) is 0 Å². The molecule has 1 aromatic carbocycles. The molecule has 5 unspecified atom stereocenters. The number of hydrogen-bond donors (Lipinski definition) is 5. The first-order valence-corrected chi connectivity index (χ1v) is 11.7. The molecule has 2 amide bonds. The Morgan fingerprint density at radius 1 is 0.946 bits per heavy atom. The van der Waals surface area contributed by atoms with E-state index < -0.39 is 49.1 Å². The Morgan fingerprint density at radius 2 is 1.62 bits per heavy atom. The largest absolute Gasteiger partial charge is 0.394 e. The number of amides is 2. The number of aromatic amines is 1. The summed E-state index contributed by atoms with van der Waals surface area (Å²) in [4.78, 5) is 40.0. The van der Waals surface area contributed by atoms with Crippen LogP contribution in [0.4, 0.5) is 0 Å². The Balaban J connectivity index is 1.71. The van der Waals surface area contributed by atoms with Crippen molar-refractivity contribution < 1.29 is 34.8 Å². The molecule has 0 spiro atoms. The lowest BCUT2D eigenvalue weighted by Gasteiger charge is -2.40. The molecule has 37 heavy (non-hydrogen) atoms. The number of hydrogen-bond acceptors (Lipinski definition) is 9. The van der Waals surface area contributed by atoms with Gasteiger partial charge in [0.05, 0.1) is 28.8 Å². The van der Waals surface area contributed by atoms with Crippen LogP contribution in [-0.4, -0.2) is 94.7 Å². The third-order valence-corrected chi connectivity index (χ3v) is 7.48. The van der Waals surface area contributed by atoms with Gasteiger partial charge in [0.25, 0.3) is 11.8 Å². The molecular formula is C25H21N5O7. The fourth-order valence-electron chi connectivity index (χ4n) is 5.74. The number of benzene rings is 1. The van der Waals surface area contributed by atoms with Gasteiger partial charge in [-0.2, -0.15) is 0 Å². The van der Waals surface area contributed by atoms with Gasteiger partial charge in [-0.25, -0.2) is 9.97 Å². The maximum Gasteiger partial charge on any atom is 0.262 e. The summed E-state index contributed by atoms with van der Waals surface area (Å²) in [6.07, 6.45) is -4.11. The lowest BCUT2D eigenvalue weighted by Crippen LogP contribution is -2.56. The van der Waals surface area contributed by atoms with E-state index in [-0.39, 0.29) is 11.1 Å². The summed E-state index contributed by atoms with van der Waals surface area (Å²) in [6, 6.07) is 6.95. The molecule has 5 atom stereocenters. The van der Waals surface area contributed by atoms with Crippen LogP contribution in [0.5, 0.6) is 0 Å². The minimum Gasteiger partial charge on any atom is -0.394 e. The van der Waals surface area contributed by atoms with E-state index in [1.165, 1.54) is 13.2 Å². The van der Waals surface area contributed by atoms with Crippen LogP contribution in [0.25, 0.3) is 43.9 Å². The zero-order chi connectivity index (χ0) is 25.7. The van der Waals surface area contributed by atoms with Gasteiger partial charge in [-0.05, 0) is 24.3 Å². The molecule has 2 aliphatic rings. The van der Waals surface area contributed by atoms with Gasteiger partial charge < -0.3 is 30.1 Å². The normalized spacial score (nSPS) is 26.3. The molecule has 7 rings (SSSR count). The first-order valence-electron chi connectivity index (χ1n) is 11.7. The highest BCUT2D eigenvalue weighted by atomic mass is 16.6. The smallest absolute Gasteiger partial charge is 0.262 e. The summed E-state index contributed by atoms with van der Waals surface area (Å²) in [5.41, 5.74) is 2.11. The molecule has 1 saturated heterocycles. The quantitative estimate of drug-likeness (QED) is 0.214.